The van der Waals surface area contributed by atoms with Gasteiger partial charge in [0.25, 0.3) is 5.91 Å². The molecular formula is C23H17N3O4S. The van der Waals surface area contributed by atoms with Gasteiger partial charge in [0.2, 0.25) is 11.8 Å². The van der Waals surface area contributed by atoms with Gasteiger partial charge in [0.1, 0.15) is 22.8 Å². The van der Waals surface area contributed by atoms with Gasteiger partial charge in [0.05, 0.1) is 11.3 Å². The number of para-hydroxylation sites is 1. The van der Waals surface area contributed by atoms with E-state index in [1.807, 2.05) is 23.6 Å². The van der Waals surface area contributed by atoms with Gasteiger partial charge in [-0.15, -0.1) is 11.3 Å². The predicted octanol–water partition coefficient (Wildman–Crippen LogP) is 3.00. The number of amides is 2. The molecule has 3 heterocycles. The number of thiophene rings is 1. The monoisotopic (exact) mass is 431 g/mol. The van der Waals surface area contributed by atoms with Crippen molar-refractivity contribution in [3.05, 3.63) is 75.0 Å². The second kappa shape index (κ2) is 6.65. The molecule has 0 fully saturated rings. The van der Waals surface area contributed by atoms with E-state index in [-0.39, 0.29) is 35.2 Å². The first-order valence-electron chi connectivity index (χ1n) is 9.74. The van der Waals surface area contributed by atoms with E-state index < -0.39 is 17.2 Å². The molecule has 1 aromatic carbocycles. The van der Waals surface area contributed by atoms with Gasteiger partial charge in [-0.3, -0.25) is 14.4 Å². The number of benzene rings is 1. The van der Waals surface area contributed by atoms with Gasteiger partial charge in [-0.2, -0.15) is 5.26 Å². The van der Waals surface area contributed by atoms with Crippen LogP contribution in [-0.2, 0) is 24.5 Å². The highest BCUT2D eigenvalue weighted by Crippen LogP contribution is 2.56. The number of imide groups is 1. The second-order valence-electron chi connectivity index (χ2n) is 7.72. The summed E-state index contributed by atoms with van der Waals surface area (Å²) in [5.41, 5.74) is 5.07. The van der Waals surface area contributed by atoms with Gasteiger partial charge < -0.3 is 10.5 Å². The van der Waals surface area contributed by atoms with E-state index in [1.54, 1.807) is 35.6 Å². The molecule has 154 valence electrons. The van der Waals surface area contributed by atoms with Crippen molar-refractivity contribution in [3.63, 3.8) is 0 Å². The SMILES string of the molecule is CC(=O)N1C(=O)C2(C(C#N)=C(N)OC3=C2C(=O)CC(c2cccs2)C3)c2ccccc21. The highest BCUT2D eigenvalue weighted by atomic mass is 32.1. The molecule has 2 N–H and O–H groups in total. The zero-order valence-corrected chi connectivity index (χ0v) is 17.4. The molecule has 3 aliphatic rings. The Labute approximate surface area is 182 Å². The van der Waals surface area contributed by atoms with Crippen LogP contribution >= 0.6 is 11.3 Å². The number of carbonyl (C=O) groups is 3. The number of nitrogens with two attached hydrogens (primary N) is 1. The Kier molecular flexibility index (Phi) is 4.14. The zero-order valence-electron chi connectivity index (χ0n) is 16.5. The summed E-state index contributed by atoms with van der Waals surface area (Å²) < 4.78 is 5.78. The molecule has 0 saturated heterocycles. The third-order valence-corrected chi connectivity index (χ3v) is 7.13. The summed E-state index contributed by atoms with van der Waals surface area (Å²) in [6.07, 6.45) is 0.552. The molecule has 2 aliphatic heterocycles. The lowest BCUT2D eigenvalue weighted by Gasteiger charge is -2.39. The number of rotatable bonds is 1. The number of carbonyl (C=O) groups excluding carboxylic acids is 3. The Morgan fingerprint density at radius 2 is 2.03 bits per heavy atom. The summed E-state index contributed by atoms with van der Waals surface area (Å²) in [6, 6.07) is 12.6. The first-order valence-corrected chi connectivity index (χ1v) is 10.6. The van der Waals surface area contributed by atoms with Crippen LogP contribution in [0.3, 0.4) is 0 Å². The van der Waals surface area contributed by atoms with Gasteiger partial charge in [-0.05, 0) is 17.5 Å². The number of ketones is 1. The van der Waals surface area contributed by atoms with Crippen LogP contribution < -0.4 is 10.6 Å². The molecule has 1 aromatic heterocycles. The van der Waals surface area contributed by atoms with Crippen molar-refractivity contribution in [1.82, 2.24) is 0 Å². The normalized spacial score (nSPS) is 24.8. The van der Waals surface area contributed by atoms with Crippen LogP contribution in [0.2, 0.25) is 0 Å². The molecule has 2 unspecified atom stereocenters. The second-order valence-corrected chi connectivity index (χ2v) is 8.70. The summed E-state index contributed by atoms with van der Waals surface area (Å²) in [5, 5.41) is 11.9. The number of Topliss-reactive ketones (excluding diaryl/α,β-unsaturated/α-hetero) is 1. The smallest absolute Gasteiger partial charge is 0.254 e. The number of anilines is 1. The van der Waals surface area contributed by atoms with E-state index in [9.17, 15) is 19.6 Å². The first-order chi connectivity index (χ1) is 14.9. The van der Waals surface area contributed by atoms with Crippen molar-refractivity contribution in [3.8, 4) is 6.07 Å². The molecule has 1 aliphatic carbocycles. The number of ether oxygens (including phenoxy) is 1. The van der Waals surface area contributed by atoms with E-state index in [1.165, 1.54) is 6.92 Å². The molecule has 31 heavy (non-hydrogen) atoms. The minimum Gasteiger partial charge on any atom is -0.444 e. The maximum Gasteiger partial charge on any atom is 0.254 e. The van der Waals surface area contributed by atoms with Crippen molar-refractivity contribution in [2.24, 2.45) is 5.73 Å². The molecule has 1 spiro atoms. The minimum absolute atomic E-state index is 0.101. The lowest BCUT2D eigenvalue weighted by atomic mass is 9.64. The van der Waals surface area contributed by atoms with Crippen molar-refractivity contribution >= 4 is 34.6 Å². The van der Waals surface area contributed by atoms with Crippen molar-refractivity contribution in [1.29, 1.82) is 5.26 Å². The topological polar surface area (TPSA) is 113 Å². The maximum atomic E-state index is 13.8. The highest BCUT2D eigenvalue weighted by molar-refractivity contribution is 7.10. The van der Waals surface area contributed by atoms with E-state index in [0.717, 1.165) is 9.78 Å². The average Bonchev–Trinajstić information content (AvgIpc) is 3.34. The fourth-order valence-corrected chi connectivity index (χ4v) is 5.75. The Hall–Kier alpha value is -3.70. The molecule has 5 rings (SSSR count). The van der Waals surface area contributed by atoms with Gasteiger partial charge in [0.15, 0.2) is 5.78 Å². The van der Waals surface area contributed by atoms with Crippen LogP contribution in [0.5, 0.6) is 0 Å². The van der Waals surface area contributed by atoms with Crippen molar-refractivity contribution in [2.75, 3.05) is 4.90 Å². The van der Waals surface area contributed by atoms with E-state index in [4.69, 9.17) is 10.5 Å². The fourth-order valence-electron chi connectivity index (χ4n) is 4.92. The Balaban J connectivity index is 1.80. The number of nitrogens with zero attached hydrogens (tertiary/aromatic N) is 2. The third-order valence-electron chi connectivity index (χ3n) is 6.10. The highest BCUT2D eigenvalue weighted by Gasteiger charge is 2.63. The van der Waals surface area contributed by atoms with Crippen LogP contribution in [0, 0.1) is 11.3 Å². The minimum atomic E-state index is -1.77. The summed E-state index contributed by atoms with van der Waals surface area (Å²) in [4.78, 5) is 41.8. The summed E-state index contributed by atoms with van der Waals surface area (Å²) in [7, 11) is 0. The fraction of sp³-hybridized carbons (Fsp3) is 0.217. The summed E-state index contributed by atoms with van der Waals surface area (Å²) in [5.74, 6) is -1.48. The van der Waals surface area contributed by atoms with Gasteiger partial charge in [0, 0.05) is 36.1 Å². The standard InChI is InChI=1S/C23H17N3O4S/c1-12(27)26-16-6-3-2-5-14(16)23(22(26)29)15(11-24)21(25)30-18-10-13(9-17(28)20(18)23)19-7-4-8-31-19/h2-8,13H,9-10,25H2,1H3. The Morgan fingerprint density at radius 3 is 2.71 bits per heavy atom. The maximum absolute atomic E-state index is 13.8. The lowest BCUT2D eigenvalue weighted by Crippen LogP contribution is -2.50. The van der Waals surface area contributed by atoms with Gasteiger partial charge >= 0.3 is 0 Å². The van der Waals surface area contributed by atoms with Crippen LogP contribution in [0.1, 0.15) is 36.1 Å². The summed E-state index contributed by atoms with van der Waals surface area (Å²) >= 11 is 1.55. The van der Waals surface area contributed by atoms with Crippen LogP contribution in [-0.4, -0.2) is 17.6 Å². The van der Waals surface area contributed by atoms with E-state index >= 15 is 0 Å². The molecular weight excluding hydrogens is 414 g/mol. The van der Waals surface area contributed by atoms with Gasteiger partial charge in [-0.25, -0.2) is 4.90 Å². The number of hydrogen-bond acceptors (Lipinski definition) is 7. The molecule has 2 atom stereocenters. The average molecular weight is 431 g/mol. The number of fused-ring (bicyclic) bond motifs is 3. The molecule has 0 radical (unpaired) electrons. The lowest BCUT2D eigenvalue weighted by molar-refractivity contribution is -0.128. The first kappa shape index (κ1) is 19.3. The number of allylic oxidation sites excluding steroid dienone is 1. The molecule has 7 nitrogen and oxygen atoms in total. The zero-order chi connectivity index (χ0) is 21.9. The Morgan fingerprint density at radius 1 is 1.26 bits per heavy atom. The molecule has 2 amide bonds. The van der Waals surface area contributed by atoms with E-state index in [0.29, 0.717) is 23.4 Å². The molecule has 2 aromatic rings. The van der Waals surface area contributed by atoms with Crippen LogP contribution in [0.15, 0.2) is 64.6 Å². The van der Waals surface area contributed by atoms with E-state index in [2.05, 4.69) is 0 Å². The molecule has 8 heteroatoms. The van der Waals surface area contributed by atoms with Crippen molar-refractivity contribution < 1.29 is 19.1 Å². The largest absolute Gasteiger partial charge is 0.444 e. The summed E-state index contributed by atoms with van der Waals surface area (Å²) in [6.45, 7) is 1.27. The van der Waals surface area contributed by atoms with Crippen LogP contribution in [0.4, 0.5) is 5.69 Å². The van der Waals surface area contributed by atoms with Crippen molar-refractivity contribution in [2.45, 2.75) is 31.1 Å². The Bertz CT molecular complexity index is 1270. The number of hydrogen-bond donors (Lipinski definition) is 1. The number of nitriles is 1. The van der Waals surface area contributed by atoms with Crippen LogP contribution in [0.25, 0.3) is 0 Å². The molecule has 0 bridgehead atoms. The predicted molar refractivity (Wildman–Crippen MR) is 113 cm³/mol. The molecule has 0 saturated carbocycles. The van der Waals surface area contributed by atoms with Gasteiger partial charge in [-0.1, -0.05) is 24.3 Å². The quantitative estimate of drug-likeness (QED) is 0.743. The third kappa shape index (κ3) is 2.41.